The molecule has 0 atom stereocenters. The zero-order valence-corrected chi connectivity index (χ0v) is 10.6. The molecule has 0 aromatic rings. The molecule has 1 aliphatic rings. The van der Waals surface area contributed by atoms with Crippen LogP contribution in [0.1, 0.15) is 32.1 Å². The maximum atomic E-state index is 8.14. The topological polar surface area (TPSA) is 89.8 Å². The highest BCUT2D eigenvalue weighted by Crippen LogP contribution is 2.24. The number of nitriles is 3. The molecule has 0 bridgehead atoms. The second-order valence-corrected chi connectivity index (χ2v) is 3.80. The molecule has 0 radical (unpaired) electrons. The SMILES string of the molecule is N#CC1CCC1.N#CCCOCCOCCC#N. The van der Waals surface area contributed by atoms with Gasteiger partial charge in [0.15, 0.2) is 0 Å². The van der Waals surface area contributed by atoms with Gasteiger partial charge in [-0.05, 0) is 12.8 Å². The summed E-state index contributed by atoms with van der Waals surface area (Å²) >= 11 is 0. The molecule has 0 unspecified atom stereocenters. The minimum Gasteiger partial charge on any atom is -0.378 e. The van der Waals surface area contributed by atoms with E-state index in [9.17, 15) is 0 Å². The van der Waals surface area contributed by atoms with Crippen molar-refractivity contribution >= 4 is 0 Å². The van der Waals surface area contributed by atoms with Crippen LogP contribution in [0.25, 0.3) is 0 Å². The number of hydrogen-bond donors (Lipinski definition) is 0. The summed E-state index contributed by atoms with van der Waals surface area (Å²) in [6.07, 6.45) is 4.40. The Hall–Kier alpha value is -1.61. The van der Waals surface area contributed by atoms with E-state index in [4.69, 9.17) is 25.3 Å². The summed E-state index contributed by atoms with van der Waals surface area (Å²) in [4.78, 5) is 0. The van der Waals surface area contributed by atoms with Crippen LogP contribution in [-0.4, -0.2) is 26.4 Å². The Kier molecular flexibility index (Phi) is 12.3. The van der Waals surface area contributed by atoms with Gasteiger partial charge in [0.1, 0.15) is 0 Å². The van der Waals surface area contributed by atoms with Gasteiger partial charge in [-0.25, -0.2) is 0 Å². The first-order chi connectivity index (χ1) is 8.85. The second-order valence-electron chi connectivity index (χ2n) is 3.80. The maximum Gasteiger partial charge on any atom is 0.0700 e. The highest BCUT2D eigenvalue weighted by Gasteiger charge is 2.14. The van der Waals surface area contributed by atoms with Crippen LogP contribution < -0.4 is 0 Å². The third-order valence-electron chi connectivity index (χ3n) is 2.38. The lowest BCUT2D eigenvalue weighted by molar-refractivity contribution is 0.0520. The van der Waals surface area contributed by atoms with Crippen molar-refractivity contribution in [2.45, 2.75) is 32.1 Å². The highest BCUT2D eigenvalue weighted by molar-refractivity contribution is 4.88. The lowest BCUT2D eigenvalue weighted by atomic mass is 9.87. The van der Waals surface area contributed by atoms with Gasteiger partial charge in [0.2, 0.25) is 0 Å². The summed E-state index contributed by atoms with van der Waals surface area (Å²) in [6.45, 7) is 1.90. The number of rotatable bonds is 7. The van der Waals surface area contributed by atoms with E-state index in [0.717, 1.165) is 12.8 Å². The van der Waals surface area contributed by atoms with E-state index in [1.807, 2.05) is 12.1 Å². The van der Waals surface area contributed by atoms with Crippen molar-refractivity contribution < 1.29 is 9.47 Å². The van der Waals surface area contributed by atoms with Gasteiger partial charge in [0, 0.05) is 5.92 Å². The highest BCUT2D eigenvalue weighted by atomic mass is 16.5. The van der Waals surface area contributed by atoms with Gasteiger partial charge in [-0.2, -0.15) is 15.8 Å². The zero-order valence-electron chi connectivity index (χ0n) is 10.6. The molecule has 0 N–H and O–H groups in total. The number of nitrogens with zero attached hydrogens (tertiary/aromatic N) is 3. The van der Waals surface area contributed by atoms with Crippen LogP contribution in [-0.2, 0) is 9.47 Å². The smallest absolute Gasteiger partial charge is 0.0700 e. The third-order valence-corrected chi connectivity index (χ3v) is 2.38. The van der Waals surface area contributed by atoms with Crippen LogP contribution in [0.3, 0.4) is 0 Å². The van der Waals surface area contributed by atoms with E-state index in [2.05, 4.69) is 6.07 Å². The Bertz CT molecular complexity index is 288. The predicted octanol–water partition coefficient (Wildman–Crippen LogP) is 2.16. The normalized spacial score (nSPS) is 13.2. The van der Waals surface area contributed by atoms with Crippen molar-refractivity contribution in [3.8, 4) is 18.2 Å². The summed E-state index contributed by atoms with van der Waals surface area (Å²) in [7, 11) is 0. The molecule has 0 spiro atoms. The molecule has 1 saturated carbocycles. The van der Waals surface area contributed by atoms with Gasteiger partial charge >= 0.3 is 0 Å². The molecule has 0 aliphatic heterocycles. The van der Waals surface area contributed by atoms with Crippen molar-refractivity contribution in [1.82, 2.24) is 0 Å². The molecule has 1 fully saturated rings. The van der Waals surface area contributed by atoms with Crippen molar-refractivity contribution in [1.29, 1.82) is 15.8 Å². The van der Waals surface area contributed by atoms with Crippen LogP contribution >= 0.6 is 0 Å². The van der Waals surface area contributed by atoms with Crippen molar-refractivity contribution in [2.75, 3.05) is 26.4 Å². The van der Waals surface area contributed by atoms with E-state index in [1.165, 1.54) is 6.42 Å². The van der Waals surface area contributed by atoms with Crippen LogP contribution in [0.4, 0.5) is 0 Å². The first-order valence-electron chi connectivity index (χ1n) is 6.14. The summed E-state index contributed by atoms with van der Waals surface area (Å²) in [5.41, 5.74) is 0. The van der Waals surface area contributed by atoms with Crippen LogP contribution in [0.15, 0.2) is 0 Å². The first kappa shape index (κ1) is 16.4. The van der Waals surface area contributed by atoms with E-state index < -0.39 is 0 Å². The molecule has 0 aromatic carbocycles. The predicted molar refractivity (Wildman–Crippen MR) is 65.1 cm³/mol. The summed E-state index contributed by atoms with van der Waals surface area (Å²) in [5, 5.41) is 24.4. The monoisotopic (exact) mass is 249 g/mol. The molecule has 5 nitrogen and oxygen atoms in total. The van der Waals surface area contributed by atoms with Gasteiger partial charge in [0.05, 0.1) is 57.5 Å². The van der Waals surface area contributed by atoms with E-state index in [-0.39, 0.29) is 0 Å². The molecule has 0 saturated heterocycles. The average Bonchev–Trinajstić information content (AvgIpc) is 2.32. The molecule has 18 heavy (non-hydrogen) atoms. The summed E-state index contributed by atoms with van der Waals surface area (Å²) in [6, 6.07) is 6.14. The van der Waals surface area contributed by atoms with Gasteiger partial charge in [-0.15, -0.1) is 0 Å². The van der Waals surface area contributed by atoms with Gasteiger partial charge in [-0.1, -0.05) is 6.42 Å². The van der Waals surface area contributed by atoms with Crippen molar-refractivity contribution in [3.63, 3.8) is 0 Å². The average molecular weight is 249 g/mol. The van der Waals surface area contributed by atoms with E-state index >= 15 is 0 Å². The second kappa shape index (κ2) is 13.5. The van der Waals surface area contributed by atoms with Gasteiger partial charge in [0.25, 0.3) is 0 Å². The molecule has 1 rings (SSSR count). The fraction of sp³-hybridized carbons (Fsp3) is 0.769. The Balaban J connectivity index is 0.000000397. The minimum absolute atomic E-state index is 0.415. The molecule has 1 aliphatic carbocycles. The lowest BCUT2D eigenvalue weighted by Crippen LogP contribution is -2.06. The molecule has 5 heteroatoms. The summed E-state index contributed by atoms with van der Waals surface area (Å²) < 4.78 is 10.0. The molecule has 98 valence electrons. The number of hydrogen-bond acceptors (Lipinski definition) is 5. The summed E-state index contributed by atoms with van der Waals surface area (Å²) in [5.74, 6) is 0.421. The van der Waals surface area contributed by atoms with Gasteiger partial charge in [-0.3, -0.25) is 0 Å². The fourth-order valence-electron chi connectivity index (χ4n) is 1.09. The van der Waals surface area contributed by atoms with Gasteiger partial charge < -0.3 is 9.47 Å². The quantitative estimate of drug-likeness (QED) is 0.645. The minimum atomic E-state index is 0.415. The fourth-order valence-corrected chi connectivity index (χ4v) is 1.09. The Labute approximate surface area is 109 Å². The molecular weight excluding hydrogens is 230 g/mol. The van der Waals surface area contributed by atoms with E-state index in [1.54, 1.807) is 0 Å². The lowest BCUT2D eigenvalue weighted by Gasteiger charge is -2.15. The molecule has 0 heterocycles. The van der Waals surface area contributed by atoms with Crippen LogP contribution in [0.5, 0.6) is 0 Å². The first-order valence-corrected chi connectivity index (χ1v) is 6.14. The van der Waals surface area contributed by atoms with Crippen LogP contribution in [0, 0.1) is 39.9 Å². The Morgan fingerprint density at radius 2 is 1.33 bits per heavy atom. The third kappa shape index (κ3) is 10.9. The maximum absolute atomic E-state index is 8.14. The molecule has 0 aromatic heterocycles. The van der Waals surface area contributed by atoms with Crippen molar-refractivity contribution in [2.24, 2.45) is 5.92 Å². The molecule has 0 amide bonds. The Morgan fingerprint density at radius 3 is 1.56 bits per heavy atom. The standard InChI is InChI=1S/C8H12N2O2.C5H7N/c9-3-1-5-11-7-8-12-6-2-4-10;6-4-5-2-1-3-5/h1-2,5-8H2;5H,1-3H2. The Morgan fingerprint density at radius 1 is 0.833 bits per heavy atom. The van der Waals surface area contributed by atoms with E-state index in [0.29, 0.717) is 45.2 Å². The zero-order chi connectivity index (χ0) is 13.5. The largest absolute Gasteiger partial charge is 0.378 e. The van der Waals surface area contributed by atoms with Crippen LogP contribution in [0.2, 0.25) is 0 Å². The van der Waals surface area contributed by atoms with Crippen molar-refractivity contribution in [3.05, 3.63) is 0 Å². The number of ether oxygens (including phenoxy) is 2. The molecular formula is C13H19N3O2.